The van der Waals surface area contributed by atoms with Crippen LogP contribution in [-0.4, -0.2) is 31.0 Å². The molecule has 3 aromatic rings. The second-order valence-corrected chi connectivity index (χ2v) is 7.05. The van der Waals surface area contributed by atoms with E-state index in [1.165, 1.54) is 31.4 Å². The third-order valence-electron chi connectivity index (χ3n) is 5.14. The SMILES string of the molecule is COc1ccc(NC2=C(c3ccc([N+](=O)[O-])cc3)C(=O)N(c3ccc(OC)cc3)C2=O)cc1. The molecule has 0 unspecified atom stereocenters. The maximum atomic E-state index is 13.4. The summed E-state index contributed by atoms with van der Waals surface area (Å²) in [6, 6.07) is 18.9. The first-order valence-electron chi connectivity index (χ1n) is 9.86. The number of imide groups is 1. The Morgan fingerprint density at radius 2 is 1.33 bits per heavy atom. The van der Waals surface area contributed by atoms with Crippen LogP contribution >= 0.6 is 0 Å². The average Bonchev–Trinajstić information content (AvgIpc) is 3.08. The molecule has 0 radical (unpaired) electrons. The Kier molecular flexibility index (Phi) is 5.77. The lowest BCUT2D eigenvalue weighted by Crippen LogP contribution is -2.32. The molecule has 0 aliphatic carbocycles. The van der Waals surface area contributed by atoms with E-state index >= 15 is 0 Å². The molecular weight excluding hydrogens is 426 g/mol. The van der Waals surface area contributed by atoms with Gasteiger partial charge in [-0.15, -0.1) is 0 Å². The Morgan fingerprint density at radius 3 is 1.85 bits per heavy atom. The van der Waals surface area contributed by atoms with Gasteiger partial charge in [0.25, 0.3) is 17.5 Å². The van der Waals surface area contributed by atoms with Gasteiger partial charge in [0, 0.05) is 17.8 Å². The van der Waals surface area contributed by atoms with Crippen molar-refractivity contribution in [2.75, 3.05) is 24.4 Å². The first-order chi connectivity index (χ1) is 15.9. The van der Waals surface area contributed by atoms with Gasteiger partial charge < -0.3 is 14.8 Å². The van der Waals surface area contributed by atoms with Crippen LogP contribution < -0.4 is 19.7 Å². The molecule has 0 saturated carbocycles. The van der Waals surface area contributed by atoms with Gasteiger partial charge in [-0.05, 0) is 66.2 Å². The largest absolute Gasteiger partial charge is 0.497 e. The number of amides is 2. The summed E-state index contributed by atoms with van der Waals surface area (Å²) in [5.41, 5.74) is 1.38. The van der Waals surface area contributed by atoms with Crippen LogP contribution in [0.3, 0.4) is 0 Å². The van der Waals surface area contributed by atoms with Gasteiger partial charge in [-0.1, -0.05) is 0 Å². The van der Waals surface area contributed by atoms with E-state index in [0.717, 1.165) is 4.90 Å². The molecule has 166 valence electrons. The maximum absolute atomic E-state index is 13.4. The Bertz CT molecular complexity index is 1250. The number of carbonyl (C=O) groups excluding carboxylic acids is 2. The monoisotopic (exact) mass is 445 g/mol. The number of nitro benzene ring substituents is 1. The number of ether oxygens (including phenoxy) is 2. The summed E-state index contributed by atoms with van der Waals surface area (Å²) < 4.78 is 10.3. The number of nitrogens with zero attached hydrogens (tertiary/aromatic N) is 2. The second kappa shape index (κ2) is 8.83. The summed E-state index contributed by atoms with van der Waals surface area (Å²) in [6.45, 7) is 0. The first-order valence-corrected chi connectivity index (χ1v) is 9.86. The van der Waals surface area contributed by atoms with Gasteiger partial charge >= 0.3 is 0 Å². The van der Waals surface area contributed by atoms with Gasteiger partial charge in [-0.2, -0.15) is 0 Å². The van der Waals surface area contributed by atoms with E-state index in [9.17, 15) is 19.7 Å². The normalized spacial score (nSPS) is 13.3. The van der Waals surface area contributed by atoms with Crippen molar-refractivity contribution in [2.24, 2.45) is 0 Å². The molecule has 0 atom stereocenters. The van der Waals surface area contributed by atoms with Crippen LogP contribution in [0.5, 0.6) is 11.5 Å². The first kappa shape index (κ1) is 21.6. The highest BCUT2D eigenvalue weighted by Crippen LogP contribution is 2.35. The number of nitrogens with one attached hydrogen (secondary N) is 1. The molecule has 0 spiro atoms. The zero-order chi connectivity index (χ0) is 23.5. The van der Waals surface area contributed by atoms with Crippen molar-refractivity contribution in [1.82, 2.24) is 0 Å². The summed E-state index contributed by atoms with van der Waals surface area (Å²) in [6.07, 6.45) is 0. The fourth-order valence-electron chi connectivity index (χ4n) is 3.45. The lowest BCUT2D eigenvalue weighted by atomic mass is 10.0. The number of rotatable bonds is 7. The molecule has 1 N–H and O–H groups in total. The number of nitro groups is 1. The Morgan fingerprint density at radius 1 is 0.788 bits per heavy atom. The second-order valence-electron chi connectivity index (χ2n) is 7.05. The van der Waals surface area contributed by atoms with Crippen molar-refractivity contribution in [1.29, 1.82) is 0 Å². The third-order valence-corrected chi connectivity index (χ3v) is 5.14. The quantitative estimate of drug-likeness (QED) is 0.332. The van der Waals surface area contributed by atoms with Gasteiger partial charge in [-0.25, -0.2) is 4.90 Å². The molecule has 9 nitrogen and oxygen atoms in total. The van der Waals surface area contributed by atoms with Crippen molar-refractivity contribution in [2.45, 2.75) is 0 Å². The van der Waals surface area contributed by atoms with Gasteiger partial charge in [0.2, 0.25) is 0 Å². The third kappa shape index (κ3) is 4.11. The highest BCUT2D eigenvalue weighted by molar-refractivity contribution is 6.46. The van der Waals surface area contributed by atoms with Crippen LogP contribution in [0.2, 0.25) is 0 Å². The molecule has 0 bridgehead atoms. The Labute approximate surface area is 189 Å². The van der Waals surface area contributed by atoms with E-state index in [1.54, 1.807) is 55.6 Å². The minimum atomic E-state index is -0.547. The molecule has 1 aliphatic rings. The highest BCUT2D eigenvalue weighted by Gasteiger charge is 2.40. The van der Waals surface area contributed by atoms with Crippen LogP contribution in [0.1, 0.15) is 5.56 Å². The molecule has 3 aromatic carbocycles. The van der Waals surface area contributed by atoms with E-state index in [0.29, 0.717) is 28.4 Å². The highest BCUT2D eigenvalue weighted by atomic mass is 16.6. The van der Waals surface area contributed by atoms with E-state index in [-0.39, 0.29) is 17.0 Å². The van der Waals surface area contributed by atoms with Crippen LogP contribution in [0.4, 0.5) is 17.1 Å². The summed E-state index contributed by atoms with van der Waals surface area (Å²) in [7, 11) is 3.07. The van der Waals surface area contributed by atoms with Crippen molar-refractivity contribution < 1.29 is 24.0 Å². The molecule has 2 amide bonds. The number of hydrogen-bond donors (Lipinski definition) is 1. The van der Waals surface area contributed by atoms with E-state index < -0.39 is 16.7 Å². The maximum Gasteiger partial charge on any atom is 0.282 e. The molecular formula is C24H19N3O6. The van der Waals surface area contributed by atoms with Crippen LogP contribution in [-0.2, 0) is 9.59 Å². The number of carbonyl (C=O) groups is 2. The molecule has 9 heteroatoms. The molecule has 0 aromatic heterocycles. The summed E-state index contributed by atoms with van der Waals surface area (Å²) in [5.74, 6) is 0.126. The van der Waals surface area contributed by atoms with Crippen molar-refractivity contribution in [3.05, 3.63) is 94.2 Å². The number of anilines is 2. The van der Waals surface area contributed by atoms with Crippen LogP contribution in [0.15, 0.2) is 78.5 Å². The van der Waals surface area contributed by atoms with Gasteiger partial charge in [0.05, 0.1) is 30.4 Å². The number of hydrogen-bond acceptors (Lipinski definition) is 7. The molecule has 33 heavy (non-hydrogen) atoms. The van der Waals surface area contributed by atoms with Crippen molar-refractivity contribution in [3.8, 4) is 11.5 Å². The minimum Gasteiger partial charge on any atom is -0.497 e. The van der Waals surface area contributed by atoms with Crippen molar-refractivity contribution in [3.63, 3.8) is 0 Å². The number of non-ortho nitro benzene ring substituents is 1. The molecule has 1 aliphatic heterocycles. The predicted molar refractivity (Wildman–Crippen MR) is 122 cm³/mol. The van der Waals surface area contributed by atoms with Gasteiger partial charge in [0.15, 0.2) is 0 Å². The van der Waals surface area contributed by atoms with E-state index in [4.69, 9.17) is 9.47 Å². The zero-order valence-electron chi connectivity index (χ0n) is 17.8. The number of methoxy groups -OCH3 is 2. The van der Waals surface area contributed by atoms with Gasteiger partial charge in [-0.3, -0.25) is 19.7 Å². The molecule has 0 saturated heterocycles. The van der Waals surface area contributed by atoms with Crippen LogP contribution in [0.25, 0.3) is 5.57 Å². The fourth-order valence-corrected chi connectivity index (χ4v) is 3.45. The fraction of sp³-hybridized carbons (Fsp3) is 0.0833. The molecule has 0 fully saturated rings. The predicted octanol–water partition coefficient (Wildman–Crippen LogP) is 4.01. The Hall–Kier alpha value is -4.66. The summed E-state index contributed by atoms with van der Waals surface area (Å²) in [5, 5.41) is 14.1. The van der Waals surface area contributed by atoms with Crippen LogP contribution in [0, 0.1) is 10.1 Å². The van der Waals surface area contributed by atoms with Gasteiger partial charge in [0.1, 0.15) is 17.2 Å². The zero-order valence-corrected chi connectivity index (χ0v) is 17.8. The van der Waals surface area contributed by atoms with Crippen molar-refractivity contribution >= 4 is 34.4 Å². The molecule has 1 heterocycles. The minimum absolute atomic E-state index is 0.0647. The Balaban J connectivity index is 1.77. The standard InChI is InChI=1S/C24H19N3O6/c1-32-19-11-5-16(6-12-19)25-22-21(15-3-7-18(8-4-15)27(30)31)23(28)26(24(22)29)17-9-13-20(33-2)14-10-17/h3-14,25H,1-2H3. The summed E-state index contributed by atoms with van der Waals surface area (Å²) >= 11 is 0. The number of benzene rings is 3. The average molecular weight is 445 g/mol. The molecule has 4 rings (SSSR count). The lowest BCUT2D eigenvalue weighted by Gasteiger charge is -2.16. The summed E-state index contributed by atoms with van der Waals surface area (Å²) in [4.78, 5) is 38.3. The topological polar surface area (TPSA) is 111 Å². The lowest BCUT2D eigenvalue weighted by molar-refractivity contribution is -0.384. The van der Waals surface area contributed by atoms with E-state index in [1.807, 2.05) is 0 Å². The van der Waals surface area contributed by atoms with E-state index in [2.05, 4.69) is 5.32 Å². The smallest absolute Gasteiger partial charge is 0.282 e.